The number of anilines is 1. The lowest BCUT2D eigenvalue weighted by Crippen LogP contribution is -2.33. The van der Waals surface area contributed by atoms with Crippen LogP contribution in [0, 0.1) is 0 Å². The number of piperidine rings is 1. The number of amides is 1. The number of aromatic nitrogens is 3. The molecule has 0 saturated carbocycles. The molecule has 0 spiro atoms. The van der Waals surface area contributed by atoms with Crippen molar-refractivity contribution in [1.82, 2.24) is 20.1 Å². The van der Waals surface area contributed by atoms with Crippen LogP contribution in [0.4, 0.5) is 5.69 Å². The maximum absolute atomic E-state index is 12.8. The first-order valence-corrected chi connectivity index (χ1v) is 8.26. The molecule has 0 bridgehead atoms. The van der Waals surface area contributed by atoms with Gasteiger partial charge in [0.2, 0.25) is 5.82 Å². The van der Waals surface area contributed by atoms with Crippen molar-refractivity contribution in [3.8, 4) is 0 Å². The fourth-order valence-electron chi connectivity index (χ4n) is 3.54. The molecule has 4 rings (SSSR count). The summed E-state index contributed by atoms with van der Waals surface area (Å²) in [5, 5.41) is 7.81. The Morgan fingerprint density at radius 1 is 1.35 bits per heavy atom. The van der Waals surface area contributed by atoms with Gasteiger partial charge in [0.05, 0.1) is 6.04 Å². The molecular formula is C17H21N5O. The van der Waals surface area contributed by atoms with Crippen LogP contribution >= 0.6 is 0 Å². The van der Waals surface area contributed by atoms with Crippen molar-refractivity contribution in [1.29, 1.82) is 0 Å². The zero-order chi connectivity index (χ0) is 15.8. The zero-order valence-corrected chi connectivity index (χ0v) is 13.3. The molecule has 6 nitrogen and oxygen atoms in total. The molecule has 1 amide bonds. The number of carbonyl (C=O) groups is 1. The molecule has 1 aromatic heterocycles. The second kappa shape index (κ2) is 5.77. The Kier molecular flexibility index (Phi) is 3.61. The van der Waals surface area contributed by atoms with E-state index in [9.17, 15) is 4.79 Å². The fraction of sp³-hybridized carbons (Fsp3) is 0.471. The number of nitrogens with one attached hydrogen (secondary N) is 1. The summed E-state index contributed by atoms with van der Waals surface area (Å²) in [6.45, 7) is 4.78. The molecule has 120 valence electrons. The van der Waals surface area contributed by atoms with E-state index in [1.165, 1.54) is 5.56 Å². The highest BCUT2D eigenvalue weighted by Gasteiger charge is 2.32. The monoisotopic (exact) mass is 311 g/mol. The molecule has 1 saturated heterocycles. The molecule has 2 unspecified atom stereocenters. The highest BCUT2D eigenvalue weighted by atomic mass is 16.2. The summed E-state index contributed by atoms with van der Waals surface area (Å²) in [5.41, 5.74) is 2.21. The number of rotatable bonds is 2. The van der Waals surface area contributed by atoms with E-state index >= 15 is 0 Å². The van der Waals surface area contributed by atoms with E-state index in [1.807, 2.05) is 22.9 Å². The molecule has 1 fully saturated rings. The zero-order valence-electron chi connectivity index (χ0n) is 13.3. The third kappa shape index (κ3) is 2.53. The maximum Gasteiger partial charge on any atom is 0.297 e. The second-order valence-electron chi connectivity index (χ2n) is 6.42. The molecule has 6 heteroatoms. The highest BCUT2D eigenvalue weighted by molar-refractivity contribution is 6.05. The average molecular weight is 311 g/mol. The molecule has 0 radical (unpaired) electrons. The minimum atomic E-state index is -0.107. The lowest BCUT2D eigenvalue weighted by Gasteiger charge is -2.22. The van der Waals surface area contributed by atoms with Crippen molar-refractivity contribution in [2.45, 2.75) is 31.7 Å². The predicted octanol–water partition coefficient (Wildman–Crippen LogP) is 1.97. The number of hydrogen-bond donors (Lipinski definition) is 1. The molecule has 1 aromatic carbocycles. The summed E-state index contributed by atoms with van der Waals surface area (Å²) in [7, 11) is 0. The SMILES string of the molecule is CC1CN(C(=O)c2ncn(C3CCCNC3)n2)c2ccccc21. The van der Waals surface area contributed by atoms with Gasteiger partial charge in [-0.05, 0) is 31.0 Å². The van der Waals surface area contributed by atoms with E-state index in [2.05, 4.69) is 28.4 Å². The fourth-order valence-corrected chi connectivity index (χ4v) is 3.54. The minimum Gasteiger partial charge on any atom is -0.315 e. The van der Waals surface area contributed by atoms with Gasteiger partial charge in [-0.2, -0.15) is 0 Å². The van der Waals surface area contributed by atoms with Crippen molar-refractivity contribution in [2.24, 2.45) is 0 Å². The molecule has 0 aliphatic carbocycles. The van der Waals surface area contributed by atoms with Crippen LogP contribution < -0.4 is 10.2 Å². The van der Waals surface area contributed by atoms with Gasteiger partial charge in [0.15, 0.2) is 0 Å². The van der Waals surface area contributed by atoms with Gasteiger partial charge in [-0.15, -0.1) is 5.10 Å². The molecule has 2 aliphatic rings. The van der Waals surface area contributed by atoms with Crippen LogP contribution in [0.1, 0.15) is 47.9 Å². The first kappa shape index (κ1) is 14.4. The van der Waals surface area contributed by atoms with Crippen molar-refractivity contribution in [3.63, 3.8) is 0 Å². The Hall–Kier alpha value is -2.21. The van der Waals surface area contributed by atoms with Gasteiger partial charge in [0.25, 0.3) is 5.91 Å². The number of hydrogen-bond acceptors (Lipinski definition) is 4. The first-order valence-electron chi connectivity index (χ1n) is 8.26. The average Bonchev–Trinajstić information content (AvgIpc) is 3.21. The van der Waals surface area contributed by atoms with Gasteiger partial charge in [-0.3, -0.25) is 4.79 Å². The Morgan fingerprint density at radius 2 is 2.22 bits per heavy atom. The van der Waals surface area contributed by atoms with Gasteiger partial charge in [0, 0.05) is 24.7 Å². The number of carbonyl (C=O) groups excluding carboxylic acids is 1. The molecule has 2 aromatic rings. The summed E-state index contributed by atoms with van der Waals surface area (Å²) >= 11 is 0. The van der Waals surface area contributed by atoms with Crippen molar-refractivity contribution >= 4 is 11.6 Å². The molecule has 1 N–H and O–H groups in total. The largest absolute Gasteiger partial charge is 0.315 e. The van der Waals surface area contributed by atoms with Gasteiger partial charge < -0.3 is 10.2 Å². The summed E-state index contributed by atoms with van der Waals surface area (Å²) < 4.78 is 1.84. The third-order valence-electron chi connectivity index (χ3n) is 4.80. The highest BCUT2D eigenvalue weighted by Crippen LogP contribution is 2.36. The smallest absolute Gasteiger partial charge is 0.297 e. The van der Waals surface area contributed by atoms with E-state index < -0.39 is 0 Å². The Morgan fingerprint density at radius 3 is 3.04 bits per heavy atom. The van der Waals surface area contributed by atoms with Crippen LogP contribution in [0.5, 0.6) is 0 Å². The summed E-state index contributed by atoms with van der Waals surface area (Å²) in [5.74, 6) is 0.531. The predicted molar refractivity (Wildman–Crippen MR) is 87.7 cm³/mol. The van der Waals surface area contributed by atoms with Crippen LogP contribution in [0.3, 0.4) is 0 Å². The summed E-state index contributed by atoms with van der Waals surface area (Å²) in [6, 6.07) is 8.37. The number of fused-ring (bicyclic) bond motifs is 1. The molecule has 2 atom stereocenters. The number of nitrogens with zero attached hydrogens (tertiary/aromatic N) is 4. The molecule has 23 heavy (non-hydrogen) atoms. The lowest BCUT2D eigenvalue weighted by molar-refractivity contribution is 0.0977. The summed E-state index contributed by atoms with van der Waals surface area (Å²) in [4.78, 5) is 18.9. The van der Waals surface area contributed by atoms with E-state index in [0.717, 1.165) is 31.6 Å². The van der Waals surface area contributed by atoms with Gasteiger partial charge in [-0.25, -0.2) is 9.67 Å². The van der Waals surface area contributed by atoms with E-state index in [-0.39, 0.29) is 5.91 Å². The van der Waals surface area contributed by atoms with Crippen molar-refractivity contribution in [3.05, 3.63) is 42.0 Å². The van der Waals surface area contributed by atoms with Crippen LogP contribution in [0.15, 0.2) is 30.6 Å². The van der Waals surface area contributed by atoms with E-state index in [0.29, 0.717) is 24.3 Å². The Bertz CT molecular complexity index is 719. The molecule has 2 aliphatic heterocycles. The van der Waals surface area contributed by atoms with Crippen LogP contribution in [0.25, 0.3) is 0 Å². The molecular weight excluding hydrogens is 290 g/mol. The Balaban J connectivity index is 1.57. The topological polar surface area (TPSA) is 63.1 Å². The first-order chi connectivity index (χ1) is 11.2. The van der Waals surface area contributed by atoms with Gasteiger partial charge >= 0.3 is 0 Å². The Labute approximate surface area is 135 Å². The number of para-hydroxylation sites is 1. The second-order valence-corrected chi connectivity index (χ2v) is 6.42. The quantitative estimate of drug-likeness (QED) is 0.921. The standard InChI is InChI=1S/C17H21N5O/c1-12-10-21(15-7-3-2-6-14(12)15)17(23)16-19-11-22(20-16)13-5-4-8-18-9-13/h2-3,6-7,11-13,18H,4-5,8-10H2,1H3. The molecule has 3 heterocycles. The third-order valence-corrected chi connectivity index (χ3v) is 4.80. The minimum absolute atomic E-state index is 0.107. The van der Waals surface area contributed by atoms with Crippen LogP contribution in [-0.2, 0) is 0 Å². The maximum atomic E-state index is 12.8. The number of benzene rings is 1. The van der Waals surface area contributed by atoms with Gasteiger partial charge in [0.1, 0.15) is 6.33 Å². The summed E-state index contributed by atoms with van der Waals surface area (Å²) in [6.07, 6.45) is 3.90. The lowest BCUT2D eigenvalue weighted by atomic mass is 10.0. The van der Waals surface area contributed by atoms with Crippen LogP contribution in [-0.4, -0.2) is 40.3 Å². The van der Waals surface area contributed by atoms with E-state index in [1.54, 1.807) is 11.2 Å². The normalized spacial score (nSPS) is 23.8. The van der Waals surface area contributed by atoms with Crippen LogP contribution in [0.2, 0.25) is 0 Å². The van der Waals surface area contributed by atoms with Gasteiger partial charge in [-0.1, -0.05) is 25.1 Å². The van der Waals surface area contributed by atoms with Crippen molar-refractivity contribution in [2.75, 3.05) is 24.5 Å². The van der Waals surface area contributed by atoms with Crippen molar-refractivity contribution < 1.29 is 4.79 Å². The van der Waals surface area contributed by atoms with E-state index in [4.69, 9.17) is 0 Å².